The first-order chi connectivity index (χ1) is 18.7. The summed E-state index contributed by atoms with van der Waals surface area (Å²) in [4.78, 5) is 11.7. The van der Waals surface area contributed by atoms with Gasteiger partial charge in [0.2, 0.25) is 0 Å². The Labute approximate surface area is 228 Å². The number of amides is 1. The Kier molecular flexibility index (Phi) is 8.89. The normalized spacial score (nSPS) is 12.2. The maximum absolute atomic E-state index is 13.0. The van der Waals surface area contributed by atoms with Gasteiger partial charge >= 0.3 is 0 Å². The molecule has 3 aromatic carbocycles. The molecule has 18 heteroatoms. The van der Waals surface area contributed by atoms with Gasteiger partial charge in [0, 0.05) is 17.8 Å². The van der Waals surface area contributed by atoms with Crippen molar-refractivity contribution in [3.05, 3.63) is 54.6 Å². The third kappa shape index (κ3) is 7.20. The molecular weight excluding hydrogens is 570 g/mol. The average molecular weight is 594 g/mol. The molecule has 0 saturated carbocycles. The SMILES string of the molecule is COc1cc(N)c(S(=O)(=O)O)cc1N=N/C(=N\Nc1cc(S(=O)(=O)O)c(N)cc1OC)C(=O)Nc1ccccc1. The van der Waals surface area contributed by atoms with Crippen LogP contribution in [-0.4, -0.2) is 51.9 Å². The molecule has 0 aliphatic carbocycles. The lowest BCUT2D eigenvalue weighted by molar-refractivity contribution is -0.110. The quantitative estimate of drug-likeness (QED) is 0.0550. The average Bonchev–Trinajstić information content (AvgIpc) is 2.88. The van der Waals surface area contributed by atoms with E-state index in [-0.39, 0.29) is 34.2 Å². The molecule has 16 nitrogen and oxygen atoms in total. The van der Waals surface area contributed by atoms with Crippen molar-refractivity contribution in [2.24, 2.45) is 15.3 Å². The van der Waals surface area contributed by atoms with Gasteiger partial charge in [0.25, 0.3) is 32.0 Å². The number of hydrogen-bond donors (Lipinski definition) is 6. The lowest BCUT2D eigenvalue weighted by Crippen LogP contribution is -2.22. The molecule has 212 valence electrons. The second kappa shape index (κ2) is 11.9. The number of anilines is 4. The fourth-order valence-electron chi connectivity index (χ4n) is 3.13. The van der Waals surface area contributed by atoms with Crippen molar-refractivity contribution in [1.29, 1.82) is 0 Å². The summed E-state index contributed by atoms with van der Waals surface area (Å²) in [6.45, 7) is 0. The number of para-hydroxylation sites is 1. The minimum absolute atomic E-state index is 0.00796. The van der Waals surface area contributed by atoms with Crippen molar-refractivity contribution in [2.75, 3.05) is 36.4 Å². The summed E-state index contributed by atoms with van der Waals surface area (Å²) in [6, 6.07) is 12.1. The van der Waals surface area contributed by atoms with Gasteiger partial charge in [0.15, 0.2) is 0 Å². The zero-order chi connectivity index (χ0) is 29.7. The first-order valence-corrected chi connectivity index (χ1v) is 13.6. The van der Waals surface area contributed by atoms with E-state index in [0.29, 0.717) is 5.69 Å². The Morgan fingerprint density at radius 1 is 0.850 bits per heavy atom. The van der Waals surface area contributed by atoms with Crippen molar-refractivity contribution >= 4 is 60.4 Å². The van der Waals surface area contributed by atoms with Gasteiger partial charge in [-0.1, -0.05) is 18.2 Å². The van der Waals surface area contributed by atoms with Crippen molar-refractivity contribution in [1.82, 2.24) is 0 Å². The van der Waals surface area contributed by atoms with Crippen LogP contribution in [0.2, 0.25) is 0 Å². The number of carbonyl (C=O) groups is 1. The van der Waals surface area contributed by atoms with Gasteiger partial charge < -0.3 is 26.3 Å². The fourth-order valence-corrected chi connectivity index (χ4v) is 4.37. The summed E-state index contributed by atoms with van der Waals surface area (Å²) in [5.41, 5.74) is 13.1. The predicted octanol–water partition coefficient (Wildman–Crippen LogP) is 2.51. The number of azo groups is 1. The molecule has 0 spiro atoms. The summed E-state index contributed by atoms with van der Waals surface area (Å²) in [5, 5.41) is 14.0. The summed E-state index contributed by atoms with van der Waals surface area (Å²) in [6.07, 6.45) is 0. The van der Waals surface area contributed by atoms with Gasteiger partial charge in [-0.25, -0.2) is 0 Å². The van der Waals surface area contributed by atoms with Crippen molar-refractivity contribution in [3.63, 3.8) is 0 Å². The largest absolute Gasteiger partial charge is 0.494 e. The number of amidine groups is 1. The second-order valence-electron chi connectivity index (χ2n) is 7.67. The monoisotopic (exact) mass is 593 g/mol. The number of hydrazone groups is 1. The van der Waals surface area contributed by atoms with Gasteiger partial charge in [0.05, 0.1) is 31.3 Å². The van der Waals surface area contributed by atoms with Crippen LogP contribution in [0.3, 0.4) is 0 Å². The van der Waals surface area contributed by atoms with Crippen LogP contribution < -0.4 is 31.7 Å². The maximum Gasteiger partial charge on any atom is 0.297 e. The highest BCUT2D eigenvalue weighted by molar-refractivity contribution is 7.86. The number of benzene rings is 3. The van der Waals surface area contributed by atoms with Crippen LogP contribution in [0.15, 0.2) is 79.7 Å². The first kappa shape index (κ1) is 29.8. The number of nitrogens with one attached hydrogen (secondary N) is 2. The van der Waals surface area contributed by atoms with Crippen LogP contribution >= 0.6 is 0 Å². The highest BCUT2D eigenvalue weighted by Crippen LogP contribution is 2.35. The van der Waals surface area contributed by atoms with Crippen molar-refractivity contribution < 1.29 is 40.2 Å². The number of nitrogens with zero attached hydrogens (tertiary/aromatic N) is 3. The number of nitrogens with two attached hydrogens (primary N) is 2. The molecule has 0 heterocycles. The van der Waals surface area contributed by atoms with Crippen LogP contribution in [0.4, 0.5) is 28.4 Å². The smallest absolute Gasteiger partial charge is 0.297 e. The molecular formula is C22H23N7O9S2. The number of ether oxygens (including phenoxy) is 2. The number of rotatable bonds is 8. The fraction of sp³-hybridized carbons (Fsp3) is 0.0909. The molecule has 1 amide bonds. The highest BCUT2D eigenvalue weighted by Gasteiger charge is 2.21. The zero-order valence-electron chi connectivity index (χ0n) is 20.8. The van der Waals surface area contributed by atoms with E-state index in [0.717, 1.165) is 24.3 Å². The molecule has 40 heavy (non-hydrogen) atoms. The van der Waals surface area contributed by atoms with E-state index in [9.17, 15) is 30.7 Å². The lowest BCUT2D eigenvalue weighted by atomic mass is 10.2. The van der Waals surface area contributed by atoms with Crippen LogP contribution in [0, 0.1) is 0 Å². The molecule has 3 aromatic rings. The van der Waals surface area contributed by atoms with Gasteiger partial charge in [-0.2, -0.15) is 16.8 Å². The summed E-state index contributed by atoms with van der Waals surface area (Å²) >= 11 is 0. The third-order valence-corrected chi connectivity index (χ3v) is 6.79. The van der Waals surface area contributed by atoms with E-state index in [4.69, 9.17) is 20.9 Å². The van der Waals surface area contributed by atoms with Gasteiger partial charge in [-0.15, -0.1) is 15.3 Å². The first-order valence-electron chi connectivity index (χ1n) is 10.8. The van der Waals surface area contributed by atoms with E-state index in [1.54, 1.807) is 30.3 Å². The standard InChI is InChI=1S/C22H23N7O9S2/c1-37-17-8-13(23)19(39(31,32)33)10-15(17)26-28-21(22(30)25-12-6-4-3-5-7-12)29-27-16-11-20(40(34,35)36)14(24)9-18(16)38-2/h3-11,26H,23-24H2,1-2H3,(H,25,30)(H,31,32,33)(H,34,35,36)/b28-21-,29-27?. The minimum Gasteiger partial charge on any atom is -0.494 e. The third-order valence-electron chi connectivity index (χ3n) is 4.97. The van der Waals surface area contributed by atoms with E-state index < -0.39 is 41.8 Å². The molecule has 0 aliphatic heterocycles. The van der Waals surface area contributed by atoms with Gasteiger partial charge in [0.1, 0.15) is 27.0 Å². The summed E-state index contributed by atoms with van der Waals surface area (Å²) < 4.78 is 75.9. The summed E-state index contributed by atoms with van der Waals surface area (Å²) in [7, 11) is -7.00. The molecule has 0 fully saturated rings. The van der Waals surface area contributed by atoms with E-state index in [1.165, 1.54) is 14.2 Å². The maximum atomic E-state index is 13.0. The Hall–Kier alpha value is -4.78. The molecule has 0 bridgehead atoms. The zero-order valence-corrected chi connectivity index (χ0v) is 22.4. The Morgan fingerprint density at radius 2 is 1.40 bits per heavy atom. The van der Waals surface area contributed by atoms with E-state index >= 15 is 0 Å². The van der Waals surface area contributed by atoms with Crippen LogP contribution in [0.1, 0.15) is 0 Å². The molecule has 0 unspecified atom stereocenters. The number of nitrogen functional groups attached to an aromatic ring is 2. The lowest BCUT2D eigenvalue weighted by Gasteiger charge is -2.12. The highest BCUT2D eigenvalue weighted by atomic mass is 32.2. The Balaban J connectivity index is 2.11. The van der Waals surface area contributed by atoms with E-state index in [2.05, 4.69) is 26.1 Å². The Bertz CT molecular complexity index is 1710. The van der Waals surface area contributed by atoms with Crippen LogP contribution in [0.25, 0.3) is 0 Å². The van der Waals surface area contributed by atoms with Crippen LogP contribution in [-0.2, 0) is 25.0 Å². The number of hydrogen-bond acceptors (Lipinski definition) is 12. The molecule has 0 aromatic heterocycles. The molecule has 8 N–H and O–H groups in total. The van der Waals surface area contributed by atoms with E-state index in [1.807, 2.05) is 0 Å². The minimum atomic E-state index is -4.75. The summed E-state index contributed by atoms with van der Waals surface area (Å²) in [5.74, 6) is -1.62. The van der Waals surface area contributed by atoms with Crippen molar-refractivity contribution in [3.8, 4) is 11.5 Å². The molecule has 0 aliphatic rings. The molecule has 0 radical (unpaired) electrons. The number of carbonyl (C=O) groups excluding carboxylic acids is 1. The second-order valence-corrected chi connectivity index (χ2v) is 10.4. The Morgan fingerprint density at radius 3 is 1.95 bits per heavy atom. The topological polar surface area (TPSA) is 257 Å². The van der Waals surface area contributed by atoms with Gasteiger partial charge in [-0.05, 0) is 24.3 Å². The van der Waals surface area contributed by atoms with Crippen molar-refractivity contribution in [2.45, 2.75) is 9.79 Å². The molecule has 0 atom stereocenters. The molecule has 3 rings (SSSR count). The van der Waals surface area contributed by atoms with Gasteiger partial charge in [-0.3, -0.25) is 19.3 Å². The predicted molar refractivity (Wildman–Crippen MR) is 145 cm³/mol. The number of methoxy groups -OCH3 is 2. The molecule has 0 saturated heterocycles. The van der Waals surface area contributed by atoms with Crippen LogP contribution in [0.5, 0.6) is 11.5 Å².